The van der Waals surface area contributed by atoms with Crippen LogP contribution in [0.25, 0.3) is 0 Å². The van der Waals surface area contributed by atoms with E-state index < -0.39 is 27.3 Å². The van der Waals surface area contributed by atoms with Gasteiger partial charge < -0.3 is 10.2 Å². The van der Waals surface area contributed by atoms with Gasteiger partial charge in [-0.15, -0.1) is 0 Å². The number of rotatable bonds is 5. The van der Waals surface area contributed by atoms with Gasteiger partial charge in [0.15, 0.2) is 9.84 Å². The number of benzene rings is 1. The molecule has 0 aromatic heterocycles. The Kier molecular flexibility index (Phi) is 4.68. The van der Waals surface area contributed by atoms with Crippen LogP contribution in [-0.2, 0) is 25.0 Å². The van der Waals surface area contributed by atoms with Crippen LogP contribution in [0.1, 0.15) is 37.3 Å². The number of carbonyl (C=O) groups excluding carboxylic acids is 3. The van der Waals surface area contributed by atoms with Gasteiger partial charge in [-0.05, 0) is 38.7 Å². The van der Waals surface area contributed by atoms with Crippen molar-refractivity contribution in [2.45, 2.75) is 50.7 Å². The number of imide groups is 1. The molecule has 1 aliphatic carbocycles. The predicted octanol–water partition coefficient (Wildman–Crippen LogP) is 0.940. The second-order valence-electron chi connectivity index (χ2n) is 8.40. The van der Waals surface area contributed by atoms with Crippen LogP contribution in [0.3, 0.4) is 0 Å². The first-order valence-corrected chi connectivity index (χ1v) is 11.7. The Hall–Kier alpha value is -2.42. The summed E-state index contributed by atoms with van der Waals surface area (Å²) in [4.78, 5) is 41.2. The smallest absolute Gasteiger partial charge is 0.325 e. The van der Waals surface area contributed by atoms with E-state index in [0.29, 0.717) is 12.0 Å². The van der Waals surface area contributed by atoms with Crippen LogP contribution in [0.5, 0.6) is 0 Å². The lowest BCUT2D eigenvalue weighted by molar-refractivity contribution is -0.140. The average molecular weight is 420 g/mol. The summed E-state index contributed by atoms with van der Waals surface area (Å²) in [6, 6.07) is 6.33. The molecule has 0 radical (unpaired) electrons. The van der Waals surface area contributed by atoms with Crippen molar-refractivity contribution < 1.29 is 22.8 Å². The van der Waals surface area contributed by atoms with Crippen molar-refractivity contribution >= 4 is 27.7 Å². The molecule has 1 saturated carbocycles. The number of carbonyl (C=O) groups is 3. The molecule has 2 saturated heterocycles. The molecule has 4 rings (SSSR count). The Balaban J connectivity index is 1.52. The van der Waals surface area contributed by atoms with Crippen molar-refractivity contribution in [3.63, 3.8) is 0 Å². The van der Waals surface area contributed by atoms with Gasteiger partial charge in [0.2, 0.25) is 5.91 Å². The van der Waals surface area contributed by atoms with Gasteiger partial charge in [0, 0.05) is 12.1 Å². The van der Waals surface area contributed by atoms with Crippen molar-refractivity contribution in [3.05, 3.63) is 35.4 Å². The van der Waals surface area contributed by atoms with Crippen molar-refractivity contribution in [2.75, 3.05) is 18.1 Å². The molecule has 4 amide bonds. The molecule has 156 valence electrons. The predicted molar refractivity (Wildman–Crippen MR) is 106 cm³/mol. The molecule has 1 N–H and O–H groups in total. The molecule has 0 spiro atoms. The van der Waals surface area contributed by atoms with Crippen LogP contribution in [-0.4, -0.2) is 66.2 Å². The molecule has 2 heterocycles. The lowest BCUT2D eigenvalue weighted by atomic mass is 9.91. The molecule has 1 aromatic carbocycles. The minimum absolute atomic E-state index is 0.00467. The highest BCUT2D eigenvalue weighted by molar-refractivity contribution is 7.91. The van der Waals surface area contributed by atoms with Gasteiger partial charge in [-0.25, -0.2) is 13.2 Å². The van der Waals surface area contributed by atoms with Crippen molar-refractivity contribution in [2.24, 2.45) is 0 Å². The van der Waals surface area contributed by atoms with Crippen LogP contribution in [0.4, 0.5) is 4.79 Å². The Morgan fingerprint density at radius 2 is 1.83 bits per heavy atom. The van der Waals surface area contributed by atoms with E-state index in [-0.39, 0.29) is 36.0 Å². The van der Waals surface area contributed by atoms with Gasteiger partial charge in [0.05, 0.1) is 11.5 Å². The maximum Gasteiger partial charge on any atom is 0.325 e. The summed E-state index contributed by atoms with van der Waals surface area (Å²) >= 11 is 0. The summed E-state index contributed by atoms with van der Waals surface area (Å²) in [5, 5.41) is 2.71. The van der Waals surface area contributed by atoms with Crippen LogP contribution in [0.15, 0.2) is 24.3 Å². The van der Waals surface area contributed by atoms with Gasteiger partial charge in [0.1, 0.15) is 12.1 Å². The maximum absolute atomic E-state index is 13.1. The fourth-order valence-corrected chi connectivity index (χ4v) is 5.90. The molecule has 0 bridgehead atoms. The van der Waals surface area contributed by atoms with Gasteiger partial charge in [-0.2, -0.15) is 0 Å². The third kappa shape index (κ3) is 3.63. The fraction of sp³-hybridized carbons (Fsp3) is 0.550. The van der Waals surface area contributed by atoms with Crippen LogP contribution >= 0.6 is 0 Å². The number of nitrogens with one attached hydrogen (secondary N) is 1. The maximum atomic E-state index is 13.1. The first-order chi connectivity index (χ1) is 13.6. The van der Waals surface area contributed by atoms with Gasteiger partial charge >= 0.3 is 6.03 Å². The summed E-state index contributed by atoms with van der Waals surface area (Å²) in [6.45, 7) is 3.19. The summed E-state index contributed by atoms with van der Waals surface area (Å²) in [5.74, 6) is -0.819. The molecule has 8 nitrogen and oxygen atoms in total. The molecule has 29 heavy (non-hydrogen) atoms. The summed E-state index contributed by atoms with van der Waals surface area (Å²) < 4.78 is 23.7. The Labute approximate surface area is 170 Å². The van der Waals surface area contributed by atoms with E-state index in [1.165, 1.54) is 0 Å². The number of aryl methyl sites for hydroxylation is 1. The number of hydrogen-bond donors (Lipinski definition) is 1. The van der Waals surface area contributed by atoms with E-state index in [9.17, 15) is 22.8 Å². The average Bonchev–Trinajstić information content (AvgIpc) is 3.37. The molecular weight excluding hydrogens is 394 g/mol. The molecule has 9 heteroatoms. The van der Waals surface area contributed by atoms with Crippen molar-refractivity contribution in [1.29, 1.82) is 0 Å². The zero-order valence-corrected chi connectivity index (χ0v) is 17.4. The van der Waals surface area contributed by atoms with E-state index in [4.69, 9.17) is 0 Å². The SMILES string of the molecule is Cc1ccc([C@]2(C)NC(=O)N(CC(=O)N(C3CC3)[C@@H]3CCS(=O)(=O)C3)C2=O)cc1. The van der Waals surface area contributed by atoms with Crippen LogP contribution < -0.4 is 5.32 Å². The molecule has 1 aromatic rings. The van der Waals surface area contributed by atoms with E-state index in [1.807, 2.05) is 19.1 Å². The monoisotopic (exact) mass is 419 g/mol. The van der Waals surface area contributed by atoms with Crippen molar-refractivity contribution in [1.82, 2.24) is 15.1 Å². The van der Waals surface area contributed by atoms with Crippen molar-refractivity contribution in [3.8, 4) is 0 Å². The minimum atomic E-state index is -3.14. The van der Waals surface area contributed by atoms with E-state index in [2.05, 4.69) is 5.32 Å². The highest BCUT2D eigenvalue weighted by Crippen LogP contribution is 2.33. The highest BCUT2D eigenvalue weighted by Gasteiger charge is 2.51. The minimum Gasteiger partial charge on any atom is -0.334 e. The zero-order chi connectivity index (χ0) is 21.0. The first-order valence-electron chi connectivity index (χ1n) is 9.83. The Bertz CT molecular complexity index is 970. The molecule has 0 unspecified atom stereocenters. The normalized spacial score (nSPS) is 28.5. The summed E-state index contributed by atoms with van der Waals surface area (Å²) in [5.41, 5.74) is 0.455. The van der Waals surface area contributed by atoms with E-state index >= 15 is 0 Å². The largest absolute Gasteiger partial charge is 0.334 e. The number of urea groups is 1. The Morgan fingerprint density at radius 3 is 2.38 bits per heavy atom. The number of amides is 4. The number of sulfone groups is 1. The fourth-order valence-electron chi connectivity index (χ4n) is 4.19. The summed E-state index contributed by atoms with van der Waals surface area (Å²) in [6.07, 6.45) is 2.05. The van der Waals surface area contributed by atoms with E-state index in [1.54, 1.807) is 24.0 Å². The third-order valence-corrected chi connectivity index (χ3v) is 7.78. The first kappa shape index (κ1) is 19.9. The standard InChI is InChI=1S/C20H25N3O5S/c1-13-3-5-14(6-4-13)20(2)18(25)22(19(26)21-20)11-17(24)23(15-7-8-15)16-9-10-29(27,28)12-16/h3-6,15-16H,7-12H2,1-2H3,(H,21,26)/t16-,20+/m1/s1. The molecular formula is C20H25N3O5S. The quantitative estimate of drug-likeness (QED) is 0.716. The van der Waals surface area contributed by atoms with Crippen LogP contribution in [0, 0.1) is 6.92 Å². The highest BCUT2D eigenvalue weighted by atomic mass is 32.2. The molecule has 2 aliphatic heterocycles. The zero-order valence-electron chi connectivity index (χ0n) is 16.6. The lowest BCUT2D eigenvalue weighted by Crippen LogP contribution is -2.49. The topological polar surface area (TPSA) is 104 Å². The third-order valence-electron chi connectivity index (χ3n) is 6.03. The van der Waals surface area contributed by atoms with Gasteiger partial charge in [0.25, 0.3) is 5.91 Å². The molecule has 3 fully saturated rings. The Morgan fingerprint density at radius 1 is 1.17 bits per heavy atom. The number of nitrogens with zero attached hydrogens (tertiary/aromatic N) is 2. The lowest BCUT2D eigenvalue weighted by Gasteiger charge is -2.30. The second-order valence-corrected chi connectivity index (χ2v) is 10.6. The van der Waals surface area contributed by atoms with Gasteiger partial charge in [-0.3, -0.25) is 14.5 Å². The summed E-state index contributed by atoms with van der Waals surface area (Å²) in [7, 11) is -3.14. The molecule has 3 aliphatic rings. The van der Waals surface area contributed by atoms with Crippen LogP contribution in [0.2, 0.25) is 0 Å². The molecule has 2 atom stereocenters. The van der Waals surface area contributed by atoms with E-state index in [0.717, 1.165) is 23.3 Å². The van der Waals surface area contributed by atoms with Gasteiger partial charge in [-0.1, -0.05) is 29.8 Å². The second kappa shape index (κ2) is 6.83. The number of hydrogen-bond acceptors (Lipinski definition) is 5.